The highest BCUT2D eigenvalue weighted by molar-refractivity contribution is 6.02. The van der Waals surface area contributed by atoms with Gasteiger partial charge in [-0.3, -0.25) is 14.5 Å². The van der Waals surface area contributed by atoms with E-state index in [1.54, 1.807) is 0 Å². The molecule has 1 unspecified atom stereocenters. The van der Waals surface area contributed by atoms with Gasteiger partial charge in [-0.2, -0.15) is 0 Å². The Balaban J connectivity index is 1.53. The third-order valence-electron chi connectivity index (χ3n) is 5.18. The molecule has 152 valence electrons. The average Bonchev–Trinajstić information content (AvgIpc) is 2.77. The van der Waals surface area contributed by atoms with Gasteiger partial charge in [-0.1, -0.05) is 66.7 Å². The Bertz CT molecular complexity index is 1030. The minimum absolute atomic E-state index is 0.0449. The van der Waals surface area contributed by atoms with Gasteiger partial charge in [0.1, 0.15) is 12.3 Å². The van der Waals surface area contributed by atoms with Gasteiger partial charge in [0.2, 0.25) is 5.91 Å². The lowest BCUT2D eigenvalue weighted by Crippen LogP contribution is -2.46. The number of rotatable bonds is 6. The first-order chi connectivity index (χ1) is 14.6. The molecule has 4 rings (SSSR count). The SMILES string of the molecule is Cc1ccc2c(c1)N(CC(=O)NC(Cc1ccccc1)c1ccccc1)C(=O)CO2. The number of amides is 2. The summed E-state index contributed by atoms with van der Waals surface area (Å²) in [5, 5.41) is 3.12. The number of carbonyl (C=O) groups excluding carboxylic acids is 2. The molecule has 0 fully saturated rings. The number of benzene rings is 3. The van der Waals surface area contributed by atoms with Crippen molar-refractivity contribution in [3.8, 4) is 5.75 Å². The summed E-state index contributed by atoms with van der Waals surface area (Å²) >= 11 is 0. The van der Waals surface area contributed by atoms with E-state index < -0.39 is 0 Å². The third-order valence-corrected chi connectivity index (χ3v) is 5.18. The lowest BCUT2D eigenvalue weighted by atomic mass is 9.99. The normalized spacial score (nSPS) is 13.9. The van der Waals surface area contributed by atoms with Crippen LogP contribution in [0.3, 0.4) is 0 Å². The molecule has 1 N–H and O–H groups in total. The highest BCUT2D eigenvalue weighted by Gasteiger charge is 2.28. The zero-order valence-electron chi connectivity index (χ0n) is 16.9. The van der Waals surface area contributed by atoms with Gasteiger partial charge in [-0.15, -0.1) is 0 Å². The summed E-state index contributed by atoms with van der Waals surface area (Å²) in [6.45, 7) is 1.84. The van der Waals surface area contributed by atoms with Crippen LogP contribution >= 0.6 is 0 Å². The first-order valence-corrected chi connectivity index (χ1v) is 10.0. The van der Waals surface area contributed by atoms with Crippen LogP contribution in [0.2, 0.25) is 0 Å². The molecule has 0 radical (unpaired) electrons. The van der Waals surface area contributed by atoms with Crippen molar-refractivity contribution in [3.63, 3.8) is 0 Å². The standard InChI is InChI=1S/C25H24N2O3/c1-18-12-13-23-22(14-18)27(25(29)17-30-23)16-24(28)26-21(20-10-6-3-7-11-20)15-19-8-4-2-5-9-19/h2-14,21H,15-17H2,1H3,(H,26,28). The van der Waals surface area contributed by atoms with Crippen molar-refractivity contribution in [1.29, 1.82) is 0 Å². The third kappa shape index (κ3) is 4.51. The van der Waals surface area contributed by atoms with Crippen molar-refractivity contribution in [1.82, 2.24) is 5.32 Å². The van der Waals surface area contributed by atoms with Crippen LogP contribution in [0.25, 0.3) is 0 Å². The van der Waals surface area contributed by atoms with Crippen LogP contribution in [0, 0.1) is 6.92 Å². The number of ether oxygens (including phenoxy) is 1. The van der Waals surface area contributed by atoms with Crippen molar-refractivity contribution in [2.75, 3.05) is 18.1 Å². The summed E-state index contributed by atoms with van der Waals surface area (Å²) in [5.41, 5.74) is 3.80. The molecule has 1 heterocycles. The van der Waals surface area contributed by atoms with Crippen LogP contribution in [0.4, 0.5) is 5.69 Å². The molecule has 1 aliphatic heterocycles. The van der Waals surface area contributed by atoms with E-state index in [4.69, 9.17) is 4.74 Å². The van der Waals surface area contributed by atoms with Crippen molar-refractivity contribution >= 4 is 17.5 Å². The zero-order chi connectivity index (χ0) is 20.9. The van der Waals surface area contributed by atoms with Gasteiger partial charge in [0.05, 0.1) is 11.7 Å². The number of aryl methyl sites for hydroxylation is 1. The predicted octanol–water partition coefficient (Wildman–Crippen LogP) is 3.82. The molecule has 5 nitrogen and oxygen atoms in total. The number of fused-ring (bicyclic) bond motifs is 1. The van der Waals surface area contributed by atoms with Crippen molar-refractivity contribution in [3.05, 3.63) is 95.6 Å². The Labute approximate surface area is 176 Å². The Morgan fingerprint density at radius 3 is 2.47 bits per heavy atom. The maximum atomic E-state index is 13.0. The molecule has 0 aromatic heterocycles. The molecule has 0 saturated heterocycles. The topological polar surface area (TPSA) is 58.6 Å². The largest absolute Gasteiger partial charge is 0.482 e. The van der Waals surface area contributed by atoms with Crippen LogP contribution in [0.1, 0.15) is 22.7 Å². The molecule has 3 aromatic carbocycles. The van der Waals surface area contributed by atoms with Crippen LogP contribution in [0.15, 0.2) is 78.9 Å². The summed E-state index contributed by atoms with van der Waals surface area (Å²) in [6.07, 6.45) is 0.670. The number of hydrogen-bond donors (Lipinski definition) is 1. The van der Waals surface area contributed by atoms with Gasteiger partial charge in [0.25, 0.3) is 5.91 Å². The Hall–Kier alpha value is -3.60. The van der Waals surface area contributed by atoms with E-state index in [9.17, 15) is 9.59 Å². The molecule has 5 heteroatoms. The van der Waals surface area contributed by atoms with Crippen LogP contribution in [-0.2, 0) is 16.0 Å². The molecule has 0 aliphatic carbocycles. The van der Waals surface area contributed by atoms with Gasteiger partial charge in [-0.05, 0) is 42.2 Å². The van der Waals surface area contributed by atoms with E-state index in [1.165, 1.54) is 4.90 Å². The molecule has 0 spiro atoms. The quantitative estimate of drug-likeness (QED) is 0.684. The van der Waals surface area contributed by atoms with Gasteiger partial charge in [0, 0.05) is 0 Å². The van der Waals surface area contributed by atoms with Crippen molar-refractivity contribution in [2.45, 2.75) is 19.4 Å². The molecular formula is C25H24N2O3. The highest BCUT2D eigenvalue weighted by atomic mass is 16.5. The number of anilines is 1. The molecule has 30 heavy (non-hydrogen) atoms. The Kier molecular flexibility index (Phi) is 5.80. The smallest absolute Gasteiger partial charge is 0.265 e. The van der Waals surface area contributed by atoms with E-state index >= 15 is 0 Å². The van der Waals surface area contributed by atoms with Crippen LogP contribution < -0.4 is 15.0 Å². The first kappa shape index (κ1) is 19.7. The minimum Gasteiger partial charge on any atom is -0.482 e. The lowest BCUT2D eigenvalue weighted by Gasteiger charge is -2.30. The maximum absolute atomic E-state index is 13.0. The second kappa shape index (κ2) is 8.82. The summed E-state index contributed by atoms with van der Waals surface area (Å²) in [7, 11) is 0. The molecule has 1 aliphatic rings. The molecule has 3 aromatic rings. The summed E-state index contributed by atoms with van der Waals surface area (Å²) in [5.74, 6) is 0.196. The van der Waals surface area contributed by atoms with E-state index in [0.29, 0.717) is 17.9 Å². The molecular weight excluding hydrogens is 376 g/mol. The fourth-order valence-electron chi connectivity index (χ4n) is 3.66. The van der Waals surface area contributed by atoms with Crippen LogP contribution in [-0.4, -0.2) is 25.0 Å². The molecule has 2 amide bonds. The molecule has 1 atom stereocenters. The van der Waals surface area contributed by atoms with E-state index in [2.05, 4.69) is 5.32 Å². The van der Waals surface area contributed by atoms with Gasteiger partial charge < -0.3 is 10.1 Å². The lowest BCUT2D eigenvalue weighted by molar-refractivity contribution is -0.125. The second-order valence-corrected chi connectivity index (χ2v) is 7.46. The summed E-state index contributed by atoms with van der Waals surface area (Å²) in [4.78, 5) is 27.0. The number of carbonyl (C=O) groups is 2. The zero-order valence-corrected chi connectivity index (χ0v) is 16.9. The summed E-state index contributed by atoms with van der Waals surface area (Å²) in [6, 6.07) is 25.4. The average molecular weight is 400 g/mol. The van der Waals surface area contributed by atoms with Gasteiger partial charge >= 0.3 is 0 Å². The predicted molar refractivity (Wildman–Crippen MR) is 116 cm³/mol. The van der Waals surface area contributed by atoms with E-state index in [-0.39, 0.29) is 31.0 Å². The fourth-order valence-corrected chi connectivity index (χ4v) is 3.66. The van der Waals surface area contributed by atoms with Crippen molar-refractivity contribution in [2.24, 2.45) is 0 Å². The summed E-state index contributed by atoms with van der Waals surface area (Å²) < 4.78 is 5.51. The number of hydrogen-bond acceptors (Lipinski definition) is 3. The molecule has 0 saturated carbocycles. The van der Waals surface area contributed by atoms with Crippen LogP contribution in [0.5, 0.6) is 5.75 Å². The minimum atomic E-state index is -0.220. The van der Waals surface area contributed by atoms with Crippen molar-refractivity contribution < 1.29 is 14.3 Å². The Morgan fingerprint density at radius 2 is 1.73 bits per heavy atom. The number of nitrogens with one attached hydrogen (secondary N) is 1. The Morgan fingerprint density at radius 1 is 1.03 bits per heavy atom. The van der Waals surface area contributed by atoms with Gasteiger partial charge in [0.15, 0.2) is 6.61 Å². The van der Waals surface area contributed by atoms with Gasteiger partial charge in [-0.25, -0.2) is 0 Å². The highest BCUT2D eigenvalue weighted by Crippen LogP contribution is 2.32. The monoisotopic (exact) mass is 400 g/mol. The first-order valence-electron chi connectivity index (χ1n) is 10.0. The second-order valence-electron chi connectivity index (χ2n) is 7.46. The molecule has 0 bridgehead atoms. The van der Waals surface area contributed by atoms with E-state index in [1.807, 2.05) is 85.8 Å². The number of nitrogens with zero attached hydrogens (tertiary/aromatic N) is 1. The van der Waals surface area contributed by atoms with E-state index in [0.717, 1.165) is 16.7 Å². The maximum Gasteiger partial charge on any atom is 0.265 e. The fraction of sp³-hybridized carbons (Fsp3) is 0.200.